The van der Waals surface area contributed by atoms with Gasteiger partial charge < -0.3 is 9.88 Å². The fourth-order valence-corrected chi connectivity index (χ4v) is 3.74. The van der Waals surface area contributed by atoms with Gasteiger partial charge in [0, 0.05) is 29.2 Å². The predicted octanol–water partition coefficient (Wildman–Crippen LogP) is 4.31. The lowest BCUT2D eigenvalue weighted by atomic mass is 10.0. The minimum atomic E-state index is 0.0208. The highest BCUT2D eigenvalue weighted by Crippen LogP contribution is 2.29. The zero-order valence-electron chi connectivity index (χ0n) is 13.7. The van der Waals surface area contributed by atoms with Crippen molar-refractivity contribution in [3.63, 3.8) is 0 Å². The topological polar surface area (TPSA) is 49.0 Å². The van der Waals surface area contributed by atoms with E-state index >= 15 is 0 Å². The first kappa shape index (κ1) is 14.2. The van der Waals surface area contributed by atoms with Crippen LogP contribution in [0.3, 0.4) is 0 Å². The Balaban J connectivity index is 1.62. The predicted molar refractivity (Wildman–Crippen MR) is 100 cm³/mol. The van der Waals surface area contributed by atoms with Crippen molar-refractivity contribution >= 4 is 33.4 Å². The number of carbonyl (C=O) groups is 1. The molecule has 4 aromatic rings. The number of nitrogens with zero attached hydrogens (tertiary/aromatic N) is 2. The van der Waals surface area contributed by atoms with E-state index in [9.17, 15) is 4.79 Å². The molecule has 0 bridgehead atoms. The Labute approximate surface area is 145 Å². The second-order valence-electron chi connectivity index (χ2n) is 6.48. The van der Waals surface area contributed by atoms with E-state index in [0.717, 1.165) is 46.9 Å². The number of hydrogen-bond acceptors (Lipinski definition) is 2. The third-order valence-electron chi connectivity index (χ3n) is 4.95. The molecule has 1 N–H and O–H groups in total. The number of benzene rings is 2. The molecule has 1 aliphatic rings. The maximum Gasteiger partial charge on any atom is 0.274 e. The summed E-state index contributed by atoms with van der Waals surface area (Å²) in [6.45, 7) is 0.754. The first-order valence-electron chi connectivity index (χ1n) is 8.57. The van der Waals surface area contributed by atoms with E-state index in [1.54, 1.807) is 6.20 Å². The number of aromatic amines is 1. The van der Waals surface area contributed by atoms with E-state index in [-0.39, 0.29) is 5.91 Å². The van der Waals surface area contributed by atoms with Crippen molar-refractivity contribution in [3.05, 3.63) is 72.1 Å². The molecule has 0 saturated heterocycles. The third-order valence-corrected chi connectivity index (χ3v) is 4.95. The van der Waals surface area contributed by atoms with Gasteiger partial charge in [-0.25, -0.2) is 0 Å². The molecule has 0 aliphatic carbocycles. The first-order chi connectivity index (χ1) is 12.3. The smallest absolute Gasteiger partial charge is 0.274 e. The van der Waals surface area contributed by atoms with Gasteiger partial charge >= 0.3 is 0 Å². The second-order valence-corrected chi connectivity index (χ2v) is 6.48. The Kier molecular flexibility index (Phi) is 3.10. The number of aromatic nitrogens is 2. The number of fused-ring (bicyclic) bond motifs is 4. The molecule has 3 heterocycles. The van der Waals surface area contributed by atoms with Gasteiger partial charge in [-0.15, -0.1) is 0 Å². The molecule has 1 aliphatic heterocycles. The third kappa shape index (κ3) is 2.22. The summed E-state index contributed by atoms with van der Waals surface area (Å²) in [6, 6.07) is 18.1. The van der Waals surface area contributed by atoms with Crippen LogP contribution in [0, 0.1) is 0 Å². The number of amides is 1. The normalized spacial score (nSPS) is 14.0. The van der Waals surface area contributed by atoms with Gasteiger partial charge in [0.1, 0.15) is 5.69 Å². The van der Waals surface area contributed by atoms with Gasteiger partial charge in [-0.3, -0.25) is 9.78 Å². The number of rotatable bonds is 1. The standard InChI is InChI=1S/C21H17N3O/c25-21(24-12-4-7-14-5-1-2-8-18(14)24)17-13-16-10-9-15-6-3-11-22-19(15)20(16)23-17/h1-3,5-6,8-11,13,23H,4,7,12H2. The molecule has 4 nitrogen and oxygen atoms in total. The highest BCUT2D eigenvalue weighted by molar-refractivity contribution is 6.11. The Morgan fingerprint density at radius 1 is 1.04 bits per heavy atom. The van der Waals surface area contributed by atoms with Gasteiger partial charge in [-0.2, -0.15) is 0 Å². The Morgan fingerprint density at radius 3 is 2.88 bits per heavy atom. The van der Waals surface area contributed by atoms with Gasteiger partial charge in [-0.05, 0) is 36.6 Å². The molecule has 0 spiro atoms. The summed E-state index contributed by atoms with van der Waals surface area (Å²) in [7, 11) is 0. The van der Waals surface area contributed by atoms with Crippen molar-refractivity contribution in [1.29, 1.82) is 0 Å². The van der Waals surface area contributed by atoms with Gasteiger partial charge in [-0.1, -0.05) is 36.4 Å². The summed E-state index contributed by atoms with van der Waals surface area (Å²) in [4.78, 5) is 22.8. The fraction of sp³-hybridized carbons (Fsp3) is 0.143. The Bertz CT molecular complexity index is 1110. The average Bonchev–Trinajstić information content (AvgIpc) is 3.12. The van der Waals surface area contributed by atoms with E-state index in [1.165, 1.54) is 5.56 Å². The van der Waals surface area contributed by atoms with Crippen molar-refractivity contribution in [2.45, 2.75) is 12.8 Å². The number of H-pyrrole nitrogens is 1. The zero-order chi connectivity index (χ0) is 16.8. The van der Waals surface area contributed by atoms with E-state index in [2.05, 4.69) is 16.0 Å². The fourth-order valence-electron chi connectivity index (χ4n) is 3.74. The molecule has 122 valence electrons. The lowest BCUT2D eigenvalue weighted by molar-refractivity contribution is 0.0981. The van der Waals surface area contributed by atoms with E-state index in [0.29, 0.717) is 5.69 Å². The molecule has 0 unspecified atom stereocenters. The molecule has 25 heavy (non-hydrogen) atoms. The first-order valence-corrected chi connectivity index (χ1v) is 8.57. The quantitative estimate of drug-likeness (QED) is 0.566. The van der Waals surface area contributed by atoms with Crippen molar-refractivity contribution in [2.24, 2.45) is 0 Å². The Hall–Kier alpha value is -3.14. The average molecular weight is 327 g/mol. The van der Waals surface area contributed by atoms with Crippen LogP contribution in [0.2, 0.25) is 0 Å². The van der Waals surface area contributed by atoms with Gasteiger partial charge in [0.15, 0.2) is 0 Å². The summed E-state index contributed by atoms with van der Waals surface area (Å²) in [6.07, 6.45) is 3.81. The van der Waals surface area contributed by atoms with Gasteiger partial charge in [0.05, 0.1) is 11.0 Å². The Morgan fingerprint density at radius 2 is 1.92 bits per heavy atom. The van der Waals surface area contributed by atoms with Crippen LogP contribution in [-0.4, -0.2) is 22.4 Å². The summed E-state index contributed by atoms with van der Waals surface area (Å²) in [5, 5.41) is 2.08. The number of nitrogens with one attached hydrogen (secondary N) is 1. The molecule has 0 radical (unpaired) electrons. The van der Waals surface area contributed by atoms with Crippen LogP contribution < -0.4 is 4.90 Å². The highest BCUT2D eigenvalue weighted by atomic mass is 16.2. The minimum absolute atomic E-state index is 0.0208. The number of pyridine rings is 1. The van der Waals surface area contributed by atoms with Crippen LogP contribution in [0.1, 0.15) is 22.5 Å². The van der Waals surface area contributed by atoms with Crippen molar-refractivity contribution in [3.8, 4) is 0 Å². The molecule has 4 heteroatoms. The minimum Gasteiger partial charge on any atom is -0.349 e. The van der Waals surface area contributed by atoms with Gasteiger partial charge in [0.25, 0.3) is 5.91 Å². The lowest BCUT2D eigenvalue weighted by Crippen LogP contribution is -2.35. The zero-order valence-corrected chi connectivity index (χ0v) is 13.7. The summed E-state index contributed by atoms with van der Waals surface area (Å²) < 4.78 is 0. The van der Waals surface area contributed by atoms with Crippen LogP contribution in [0.5, 0.6) is 0 Å². The molecule has 2 aromatic carbocycles. The highest BCUT2D eigenvalue weighted by Gasteiger charge is 2.24. The number of anilines is 1. The van der Waals surface area contributed by atoms with Crippen molar-refractivity contribution in [2.75, 3.05) is 11.4 Å². The molecular formula is C21H17N3O. The van der Waals surface area contributed by atoms with E-state index in [1.807, 2.05) is 53.4 Å². The molecule has 0 atom stereocenters. The summed E-state index contributed by atoms with van der Waals surface area (Å²) >= 11 is 0. The van der Waals surface area contributed by atoms with Crippen molar-refractivity contribution < 1.29 is 4.79 Å². The summed E-state index contributed by atoms with van der Waals surface area (Å²) in [5.41, 5.74) is 4.71. The van der Waals surface area contributed by atoms with E-state index in [4.69, 9.17) is 0 Å². The molecular weight excluding hydrogens is 310 g/mol. The number of aryl methyl sites for hydroxylation is 1. The summed E-state index contributed by atoms with van der Waals surface area (Å²) in [5.74, 6) is 0.0208. The molecule has 0 fully saturated rings. The van der Waals surface area contributed by atoms with Crippen LogP contribution in [0.25, 0.3) is 21.8 Å². The van der Waals surface area contributed by atoms with Crippen molar-refractivity contribution in [1.82, 2.24) is 9.97 Å². The SMILES string of the molecule is O=C(c1cc2ccc3cccnc3c2[nH]1)N1CCCc2ccccc21. The second kappa shape index (κ2) is 5.45. The number of para-hydroxylation sites is 1. The molecule has 1 amide bonds. The number of carbonyl (C=O) groups excluding carboxylic acids is 1. The molecule has 5 rings (SSSR count). The maximum atomic E-state index is 13.1. The van der Waals surface area contributed by atoms with Crippen LogP contribution in [0.4, 0.5) is 5.69 Å². The van der Waals surface area contributed by atoms with Crippen LogP contribution >= 0.6 is 0 Å². The molecule has 2 aromatic heterocycles. The van der Waals surface area contributed by atoms with Crippen LogP contribution in [0.15, 0.2) is 60.8 Å². The lowest BCUT2D eigenvalue weighted by Gasteiger charge is -2.29. The van der Waals surface area contributed by atoms with Crippen LogP contribution in [-0.2, 0) is 6.42 Å². The maximum absolute atomic E-state index is 13.1. The van der Waals surface area contributed by atoms with E-state index < -0.39 is 0 Å². The van der Waals surface area contributed by atoms with Gasteiger partial charge in [0.2, 0.25) is 0 Å². The largest absolute Gasteiger partial charge is 0.349 e. The monoisotopic (exact) mass is 327 g/mol. The number of hydrogen-bond donors (Lipinski definition) is 1. The molecule has 0 saturated carbocycles.